The first-order valence-corrected chi connectivity index (χ1v) is 16.1. The van der Waals surface area contributed by atoms with Crippen LogP contribution in [0.3, 0.4) is 0 Å². The molecule has 5 rings (SSSR count). The number of aromatic nitrogens is 3. The van der Waals surface area contributed by atoms with E-state index in [9.17, 15) is 12.8 Å². The van der Waals surface area contributed by atoms with E-state index in [-0.39, 0.29) is 30.5 Å². The van der Waals surface area contributed by atoms with Crippen LogP contribution in [-0.4, -0.2) is 47.6 Å². The molecule has 0 saturated heterocycles. The standard InChI is InChI=1S/C31H32ClFN4O5S/c1-3-29(40-13-14-43(38,39)4-2)31(11-6-12-42-31)28-17-24-26(18-34-28)35-20-36-30(24)37-23-9-10-27(25(32)16-23)41-19-21-7-5-8-22(33)15-21/h5-10,12,15-18,20,29H,3-4,11,13-14,19H2,1-2H3,(H,35,36,37). The maximum atomic E-state index is 13.5. The molecule has 0 radical (unpaired) electrons. The number of hydrogen-bond donors (Lipinski definition) is 1. The van der Waals surface area contributed by atoms with Crippen LogP contribution in [0.1, 0.15) is 37.9 Å². The molecule has 0 fully saturated rings. The molecule has 2 atom stereocenters. The fourth-order valence-corrected chi connectivity index (χ4v) is 5.81. The van der Waals surface area contributed by atoms with Crippen molar-refractivity contribution in [1.29, 1.82) is 0 Å². The molecule has 9 nitrogen and oxygen atoms in total. The fraction of sp³-hybridized carbons (Fsp3) is 0.323. The van der Waals surface area contributed by atoms with Gasteiger partial charge in [0.2, 0.25) is 0 Å². The highest BCUT2D eigenvalue weighted by atomic mass is 35.5. The summed E-state index contributed by atoms with van der Waals surface area (Å²) in [6.45, 7) is 3.82. The number of ether oxygens (including phenoxy) is 3. The summed E-state index contributed by atoms with van der Waals surface area (Å²) < 4.78 is 55.6. The Kier molecular flexibility index (Phi) is 9.43. The van der Waals surface area contributed by atoms with Gasteiger partial charge in [0, 0.05) is 23.2 Å². The van der Waals surface area contributed by atoms with Crippen LogP contribution in [0.25, 0.3) is 10.9 Å². The molecule has 226 valence electrons. The molecule has 43 heavy (non-hydrogen) atoms. The average Bonchev–Trinajstić information content (AvgIpc) is 3.50. The predicted octanol–water partition coefficient (Wildman–Crippen LogP) is 6.50. The van der Waals surface area contributed by atoms with E-state index in [2.05, 4.69) is 20.3 Å². The molecule has 2 unspecified atom stereocenters. The Bertz CT molecular complexity index is 1730. The molecular weight excluding hydrogens is 595 g/mol. The first-order chi connectivity index (χ1) is 20.7. The Labute approximate surface area is 255 Å². The van der Waals surface area contributed by atoms with Gasteiger partial charge in [0.15, 0.2) is 15.4 Å². The quantitative estimate of drug-likeness (QED) is 0.178. The SMILES string of the molecule is CCC(OCCS(=O)(=O)CC)C1(c2cc3c(Nc4ccc(OCc5cccc(F)c5)c(Cl)c4)ncnc3cn2)CC=CO1. The Balaban J connectivity index is 1.38. The second kappa shape index (κ2) is 13.2. The summed E-state index contributed by atoms with van der Waals surface area (Å²) in [5.74, 6) is 0.661. The van der Waals surface area contributed by atoms with Crippen LogP contribution >= 0.6 is 11.6 Å². The van der Waals surface area contributed by atoms with Gasteiger partial charge in [-0.1, -0.05) is 37.6 Å². The highest BCUT2D eigenvalue weighted by Gasteiger charge is 2.45. The molecule has 1 N–H and O–H groups in total. The van der Waals surface area contributed by atoms with E-state index in [1.807, 2.05) is 19.1 Å². The summed E-state index contributed by atoms with van der Waals surface area (Å²) >= 11 is 6.51. The topological polar surface area (TPSA) is 113 Å². The zero-order valence-electron chi connectivity index (χ0n) is 23.8. The summed E-state index contributed by atoms with van der Waals surface area (Å²) in [7, 11) is -3.17. The third kappa shape index (κ3) is 7.06. The largest absolute Gasteiger partial charge is 0.487 e. The number of nitrogens with one attached hydrogen (secondary N) is 1. The highest BCUT2D eigenvalue weighted by Crippen LogP contribution is 2.41. The van der Waals surface area contributed by atoms with Crippen molar-refractivity contribution in [2.24, 2.45) is 0 Å². The molecule has 0 saturated carbocycles. The average molecular weight is 627 g/mol. The Morgan fingerprint density at radius 1 is 1.14 bits per heavy atom. The monoisotopic (exact) mass is 626 g/mol. The lowest BCUT2D eigenvalue weighted by atomic mass is 9.87. The Morgan fingerprint density at radius 3 is 2.72 bits per heavy atom. The van der Waals surface area contributed by atoms with E-state index in [4.69, 9.17) is 25.8 Å². The van der Waals surface area contributed by atoms with Crippen molar-refractivity contribution in [1.82, 2.24) is 15.0 Å². The predicted molar refractivity (Wildman–Crippen MR) is 164 cm³/mol. The number of halogens is 2. The van der Waals surface area contributed by atoms with E-state index in [0.717, 1.165) is 0 Å². The molecule has 4 aromatic rings. The molecule has 0 amide bonds. The number of pyridine rings is 1. The lowest BCUT2D eigenvalue weighted by Crippen LogP contribution is -2.42. The number of nitrogens with zero attached hydrogens (tertiary/aromatic N) is 3. The minimum Gasteiger partial charge on any atom is -0.487 e. The van der Waals surface area contributed by atoms with Crippen LogP contribution in [-0.2, 0) is 31.5 Å². The van der Waals surface area contributed by atoms with Crippen LogP contribution in [0.4, 0.5) is 15.9 Å². The first kappa shape index (κ1) is 30.7. The highest BCUT2D eigenvalue weighted by molar-refractivity contribution is 7.91. The van der Waals surface area contributed by atoms with Crippen molar-refractivity contribution in [2.75, 3.05) is 23.4 Å². The third-order valence-electron chi connectivity index (χ3n) is 7.27. The molecule has 1 aliphatic rings. The maximum absolute atomic E-state index is 13.5. The van der Waals surface area contributed by atoms with Crippen molar-refractivity contribution >= 4 is 43.8 Å². The van der Waals surface area contributed by atoms with Crippen LogP contribution in [0.5, 0.6) is 5.75 Å². The molecule has 0 bridgehead atoms. The molecular formula is C31H32ClFN4O5S. The van der Waals surface area contributed by atoms with Gasteiger partial charge in [0.25, 0.3) is 0 Å². The second-order valence-electron chi connectivity index (χ2n) is 10.1. The first-order valence-electron chi connectivity index (χ1n) is 13.9. The van der Waals surface area contributed by atoms with Crippen LogP contribution in [0.2, 0.25) is 5.02 Å². The number of fused-ring (bicyclic) bond motifs is 1. The van der Waals surface area contributed by atoms with Gasteiger partial charge in [0.1, 0.15) is 36.4 Å². The van der Waals surface area contributed by atoms with Crippen LogP contribution in [0.15, 0.2) is 73.4 Å². The van der Waals surface area contributed by atoms with Crippen molar-refractivity contribution in [3.63, 3.8) is 0 Å². The molecule has 0 aliphatic carbocycles. The van der Waals surface area contributed by atoms with Crippen molar-refractivity contribution in [3.8, 4) is 5.75 Å². The van der Waals surface area contributed by atoms with Crippen molar-refractivity contribution in [2.45, 2.75) is 45.0 Å². The molecule has 12 heteroatoms. The number of benzene rings is 2. The molecule has 0 spiro atoms. The second-order valence-corrected chi connectivity index (χ2v) is 13.0. The number of sulfone groups is 1. The molecule has 2 aromatic carbocycles. The lowest BCUT2D eigenvalue weighted by Gasteiger charge is -2.36. The number of rotatable bonds is 13. The summed E-state index contributed by atoms with van der Waals surface area (Å²) in [6, 6.07) is 13.3. The third-order valence-corrected chi connectivity index (χ3v) is 9.24. The van der Waals surface area contributed by atoms with Crippen molar-refractivity contribution in [3.05, 3.63) is 95.5 Å². The van der Waals surface area contributed by atoms with Gasteiger partial charge >= 0.3 is 0 Å². The number of anilines is 2. The molecule has 3 heterocycles. The fourth-order valence-electron chi connectivity index (χ4n) is 4.93. The smallest absolute Gasteiger partial charge is 0.179 e. The summed E-state index contributed by atoms with van der Waals surface area (Å²) in [5.41, 5.74) is 1.66. The lowest BCUT2D eigenvalue weighted by molar-refractivity contribution is -0.109. The van der Waals surface area contributed by atoms with Crippen LogP contribution < -0.4 is 10.1 Å². The van der Waals surface area contributed by atoms with E-state index in [0.29, 0.717) is 57.3 Å². The van der Waals surface area contributed by atoms with Gasteiger partial charge < -0.3 is 19.5 Å². The van der Waals surface area contributed by atoms with Crippen molar-refractivity contribution < 1.29 is 27.0 Å². The van der Waals surface area contributed by atoms with E-state index < -0.39 is 21.5 Å². The van der Waals surface area contributed by atoms with E-state index in [1.54, 1.807) is 49.7 Å². The zero-order chi connectivity index (χ0) is 30.5. The summed E-state index contributed by atoms with van der Waals surface area (Å²) in [5, 5.41) is 4.38. The van der Waals surface area contributed by atoms with Crippen LogP contribution in [0, 0.1) is 5.82 Å². The van der Waals surface area contributed by atoms with Gasteiger partial charge in [-0.15, -0.1) is 0 Å². The van der Waals surface area contributed by atoms with Gasteiger partial charge in [-0.25, -0.2) is 22.8 Å². The van der Waals surface area contributed by atoms with E-state index >= 15 is 0 Å². The summed E-state index contributed by atoms with van der Waals surface area (Å²) in [4.78, 5) is 13.5. The zero-order valence-corrected chi connectivity index (χ0v) is 25.4. The minimum atomic E-state index is -3.17. The Hall–Kier alpha value is -3.80. The minimum absolute atomic E-state index is 0.0615. The van der Waals surface area contributed by atoms with Gasteiger partial charge in [-0.3, -0.25) is 4.98 Å². The van der Waals surface area contributed by atoms with E-state index in [1.165, 1.54) is 18.5 Å². The number of hydrogen-bond acceptors (Lipinski definition) is 9. The summed E-state index contributed by atoms with van der Waals surface area (Å²) in [6.07, 6.45) is 7.27. The van der Waals surface area contributed by atoms with Gasteiger partial charge in [0.05, 0.1) is 41.1 Å². The molecule has 2 aromatic heterocycles. The molecule has 1 aliphatic heterocycles. The van der Waals surface area contributed by atoms with Gasteiger partial charge in [-0.2, -0.15) is 0 Å². The van der Waals surface area contributed by atoms with Gasteiger partial charge in [-0.05, 0) is 54.5 Å². The normalized spacial score (nSPS) is 17.1. The maximum Gasteiger partial charge on any atom is 0.179 e. The Morgan fingerprint density at radius 2 is 2.00 bits per heavy atom.